The fourth-order valence-corrected chi connectivity index (χ4v) is 3.29. The molecule has 3 aromatic rings. The van der Waals surface area contributed by atoms with Gasteiger partial charge in [0.25, 0.3) is 0 Å². The molecule has 0 aliphatic heterocycles. The van der Waals surface area contributed by atoms with Gasteiger partial charge in [0, 0.05) is 35.8 Å². The van der Waals surface area contributed by atoms with Crippen molar-refractivity contribution in [2.75, 3.05) is 20.2 Å². The molecule has 0 amide bonds. The van der Waals surface area contributed by atoms with E-state index in [9.17, 15) is 5.11 Å². The number of fused-ring (bicyclic) bond motifs is 1. The van der Waals surface area contributed by atoms with Crippen molar-refractivity contribution in [3.8, 4) is 11.5 Å². The van der Waals surface area contributed by atoms with Gasteiger partial charge in [-0.2, -0.15) is 0 Å². The molecule has 2 aromatic carbocycles. The highest BCUT2D eigenvalue weighted by atomic mass is 127. The van der Waals surface area contributed by atoms with Crippen LogP contribution >= 0.6 is 24.0 Å². The number of phenolic OH excluding ortho intramolecular Hbond substituents is 1. The molecule has 0 saturated heterocycles. The number of aromatic nitrogens is 1. The van der Waals surface area contributed by atoms with Crippen molar-refractivity contribution in [2.45, 2.75) is 26.8 Å². The maximum Gasteiger partial charge on any atom is 0.191 e. The largest absolute Gasteiger partial charge is 0.508 e. The van der Waals surface area contributed by atoms with Crippen molar-refractivity contribution >= 4 is 40.8 Å². The first-order valence-electron chi connectivity index (χ1n) is 9.56. The summed E-state index contributed by atoms with van der Waals surface area (Å²) in [5.74, 6) is 1.65. The van der Waals surface area contributed by atoms with E-state index in [-0.39, 0.29) is 29.7 Å². The summed E-state index contributed by atoms with van der Waals surface area (Å²) in [7, 11) is 1.61. The number of ether oxygens (including phenoxy) is 1. The first kappa shape index (κ1) is 22.9. The summed E-state index contributed by atoms with van der Waals surface area (Å²) in [5, 5.41) is 18.0. The highest BCUT2D eigenvalue weighted by Gasteiger charge is 2.07. The maximum atomic E-state index is 10.0. The van der Waals surface area contributed by atoms with Gasteiger partial charge >= 0.3 is 0 Å². The second-order valence-electron chi connectivity index (χ2n) is 6.68. The molecule has 0 aliphatic rings. The van der Waals surface area contributed by atoms with Gasteiger partial charge in [0.15, 0.2) is 5.96 Å². The Labute approximate surface area is 188 Å². The molecule has 1 heterocycles. The van der Waals surface area contributed by atoms with E-state index in [2.05, 4.69) is 51.9 Å². The molecule has 3 rings (SSSR count). The molecule has 0 spiro atoms. The van der Waals surface area contributed by atoms with Gasteiger partial charge in [-0.1, -0.05) is 12.1 Å². The number of H-pyrrole nitrogens is 1. The third-order valence-electron chi connectivity index (χ3n) is 4.72. The fourth-order valence-electron chi connectivity index (χ4n) is 3.29. The Morgan fingerprint density at radius 2 is 2.00 bits per heavy atom. The minimum atomic E-state index is 0. The van der Waals surface area contributed by atoms with E-state index in [1.165, 1.54) is 22.0 Å². The van der Waals surface area contributed by atoms with Crippen LogP contribution in [0.3, 0.4) is 0 Å². The molecule has 0 atom stereocenters. The molecule has 4 N–H and O–H groups in total. The van der Waals surface area contributed by atoms with E-state index >= 15 is 0 Å². The first-order valence-corrected chi connectivity index (χ1v) is 9.56. The van der Waals surface area contributed by atoms with Crippen LogP contribution in [0.5, 0.6) is 11.5 Å². The normalized spacial score (nSPS) is 11.2. The van der Waals surface area contributed by atoms with Gasteiger partial charge in [0.1, 0.15) is 11.5 Å². The molecule has 0 bridgehead atoms. The van der Waals surface area contributed by atoms with Crippen LogP contribution in [0.1, 0.15) is 23.6 Å². The van der Waals surface area contributed by atoms with Crippen LogP contribution in [0.4, 0.5) is 0 Å². The van der Waals surface area contributed by atoms with Gasteiger partial charge in [0.05, 0.1) is 13.7 Å². The average molecular weight is 508 g/mol. The zero-order valence-electron chi connectivity index (χ0n) is 17.1. The maximum absolute atomic E-state index is 10.0. The molecule has 0 fully saturated rings. The van der Waals surface area contributed by atoms with Crippen LogP contribution in [0, 0.1) is 6.92 Å². The summed E-state index contributed by atoms with van der Waals surface area (Å²) < 4.78 is 5.22. The van der Waals surface area contributed by atoms with Gasteiger partial charge in [-0.25, -0.2) is 4.99 Å². The van der Waals surface area contributed by atoms with Crippen LogP contribution in [0.25, 0.3) is 10.9 Å². The summed E-state index contributed by atoms with van der Waals surface area (Å²) in [6.45, 7) is 6.06. The van der Waals surface area contributed by atoms with Crippen molar-refractivity contribution in [3.63, 3.8) is 0 Å². The Morgan fingerprint density at radius 3 is 2.76 bits per heavy atom. The van der Waals surface area contributed by atoms with E-state index in [0.29, 0.717) is 12.3 Å². The van der Waals surface area contributed by atoms with Crippen molar-refractivity contribution in [2.24, 2.45) is 4.99 Å². The van der Waals surface area contributed by atoms with Crippen LogP contribution in [-0.2, 0) is 13.0 Å². The average Bonchev–Trinajstić information content (AvgIpc) is 3.11. The first-order chi connectivity index (χ1) is 13.6. The minimum absolute atomic E-state index is 0. The molecule has 0 saturated carbocycles. The lowest BCUT2D eigenvalue weighted by Crippen LogP contribution is -2.38. The van der Waals surface area contributed by atoms with Crippen molar-refractivity contribution in [1.82, 2.24) is 15.6 Å². The third kappa shape index (κ3) is 5.79. The van der Waals surface area contributed by atoms with E-state index in [1.807, 2.05) is 6.92 Å². The predicted octanol–water partition coefficient (Wildman–Crippen LogP) is 4.11. The monoisotopic (exact) mass is 508 g/mol. The van der Waals surface area contributed by atoms with Crippen molar-refractivity contribution in [3.05, 3.63) is 59.3 Å². The van der Waals surface area contributed by atoms with Gasteiger partial charge in [-0.05, 0) is 55.7 Å². The van der Waals surface area contributed by atoms with Crippen LogP contribution in [-0.4, -0.2) is 36.2 Å². The predicted molar refractivity (Wildman–Crippen MR) is 130 cm³/mol. The number of aromatic amines is 1. The van der Waals surface area contributed by atoms with Crippen molar-refractivity contribution < 1.29 is 9.84 Å². The number of benzene rings is 2. The quantitative estimate of drug-likeness (QED) is 0.220. The summed E-state index contributed by atoms with van der Waals surface area (Å²) in [6.07, 6.45) is 2.97. The Balaban J connectivity index is 0.00000300. The van der Waals surface area contributed by atoms with Gasteiger partial charge in [0.2, 0.25) is 0 Å². The smallest absolute Gasteiger partial charge is 0.191 e. The number of nitrogens with zero attached hydrogens (tertiary/aromatic N) is 1. The minimum Gasteiger partial charge on any atom is -0.508 e. The van der Waals surface area contributed by atoms with Crippen molar-refractivity contribution in [1.29, 1.82) is 0 Å². The number of aryl methyl sites for hydroxylation is 1. The van der Waals surface area contributed by atoms with E-state index in [1.54, 1.807) is 25.3 Å². The summed E-state index contributed by atoms with van der Waals surface area (Å²) in [4.78, 5) is 7.93. The van der Waals surface area contributed by atoms with Gasteiger partial charge in [-0.3, -0.25) is 0 Å². The van der Waals surface area contributed by atoms with E-state index < -0.39 is 0 Å². The summed E-state index contributed by atoms with van der Waals surface area (Å²) in [6, 6.07) is 11.5. The van der Waals surface area contributed by atoms with Gasteiger partial charge in [-0.15, -0.1) is 24.0 Å². The van der Waals surface area contributed by atoms with Crippen LogP contribution in [0.2, 0.25) is 0 Å². The highest BCUT2D eigenvalue weighted by Crippen LogP contribution is 2.24. The fraction of sp³-hybridized carbons (Fsp3) is 0.318. The number of halogens is 1. The zero-order chi connectivity index (χ0) is 19.9. The Hall–Kier alpha value is -2.42. The number of phenols is 1. The number of rotatable bonds is 7. The molecule has 6 nitrogen and oxygen atoms in total. The second-order valence-corrected chi connectivity index (χ2v) is 6.68. The van der Waals surface area contributed by atoms with E-state index in [4.69, 9.17) is 4.74 Å². The van der Waals surface area contributed by atoms with E-state index in [0.717, 1.165) is 31.0 Å². The van der Waals surface area contributed by atoms with Crippen LogP contribution < -0.4 is 15.4 Å². The van der Waals surface area contributed by atoms with Crippen LogP contribution in [0.15, 0.2) is 47.6 Å². The Morgan fingerprint density at radius 1 is 1.17 bits per heavy atom. The number of aliphatic imine (C=N–C) groups is 1. The lowest BCUT2D eigenvalue weighted by Gasteiger charge is -2.12. The molecule has 1 aromatic heterocycles. The number of methoxy groups -OCH3 is 1. The third-order valence-corrected chi connectivity index (χ3v) is 4.72. The highest BCUT2D eigenvalue weighted by molar-refractivity contribution is 14.0. The second kappa shape index (κ2) is 10.9. The number of nitrogens with one attached hydrogen (secondary N) is 3. The molecule has 29 heavy (non-hydrogen) atoms. The molecule has 0 aliphatic carbocycles. The lowest BCUT2D eigenvalue weighted by atomic mass is 10.1. The molecular formula is C22H29IN4O2. The number of guanidine groups is 1. The number of aromatic hydroxyl groups is 1. The molecule has 0 unspecified atom stereocenters. The van der Waals surface area contributed by atoms with Gasteiger partial charge < -0.3 is 25.5 Å². The molecule has 7 heteroatoms. The molecule has 0 radical (unpaired) electrons. The Bertz CT molecular complexity index is 969. The zero-order valence-corrected chi connectivity index (χ0v) is 19.4. The topological polar surface area (TPSA) is 81.7 Å². The number of hydrogen-bond acceptors (Lipinski definition) is 3. The Kier molecular flexibility index (Phi) is 8.63. The molecular weight excluding hydrogens is 479 g/mol. The molecule has 156 valence electrons. The summed E-state index contributed by atoms with van der Waals surface area (Å²) in [5.41, 5.74) is 4.47. The lowest BCUT2D eigenvalue weighted by molar-refractivity contribution is 0.411. The standard InChI is InChI=1S/C22H28N4O2.HI/c1-4-23-22(26-14-17-12-18(28-3)8-9-20(17)27)24-11-10-16-13-25-19-7-5-6-15(2)21(16)19;/h5-9,12-13,25,27H,4,10-11,14H2,1-3H3,(H2,23,24,26);1H. The summed E-state index contributed by atoms with van der Waals surface area (Å²) >= 11 is 0. The SMILES string of the molecule is CCNC(=NCc1cc(OC)ccc1O)NCCc1c[nH]c2cccc(C)c12.I. The number of hydrogen-bond donors (Lipinski definition) is 4.